The molecule has 1 N–H and O–H groups in total. The normalized spacial score (nSPS) is 12.4. The quantitative estimate of drug-likeness (QED) is 0.0661. The zero-order valence-corrected chi connectivity index (χ0v) is 32.3. The highest BCUT2D eigenvalue weighted by Gasteiger charge is 2.25. The van der Waals surface area contributed by atoms with Crippen molar-refractivity contribution in [3.05, 3.63) is 97.9 Å². The third-order valence-electron chi connectivity index (χ3n) is 9.84. The smallest absolute Gasteiger partial charge is 0.166 e. The molecule has 2 aromatic heterocycles. The minimum Gasteiger partial charge on any atom is -0.494 e. The first kappa shape index (κ1) is 37.7. The van der Waals surface area contributed by atoms with Crippen molar-refractivity contribution in [1.82, 2.24) is 14.5 Å². The highest BCUT2D eigenvalue weighted by molar-refractivity contribution is 6.38. The zero-order valence-electron chi connectivity index (χ0n) is 30.8. The van der Waals surface area contributed by atoms with E-state index in [0.717, 1.165) is 96.5 Å². The number of fused-ring (bicyclic) bond motifs is 2. The van der Waals surface area contributed by atoms with Crippen molar-refractivity contribution in [3.8, 4) is 5.75 Å². The number of allylic oxidation sites excluding steroid dienone is 2. The Balaban J connectivity index is 1.52. The van der Waals surface area contributed by atoms with Gasteiger partial charge in [-0.15, -0.1) is 0 Å². The van der Waals surface area contributed by atoms with Gasteiger partial charge in [-0.05, 0) is 100 Å². The summed E-state index contributed by atoms with van der Waals surface area (Å²) in [6, 6.07) is 13.9. The van der Waals surface area contributed by atoms with Gasteiger partial charge in [-0.3, -0.25) is 14.6 Å². The Labute approximate surface area is 310 Å². The van der Waals surface area contributed by atoms with E-state index < -0.39 is 0 Å². The van der Waals surface area contributed by atoms with Gasteiger partial charge < -0.3 is 24.1 Å². The number of rotatable bonds is 15. The van der Waals surface area contributed by atoms with E-state index in [1.165, 1.54) is 0 Å². The minimum absolute atomic E-state index is 0.483. The first-order chi connectivity index (χ1) is 24.4. The van der Waals surface area contributed by atoms with E-state index in [-0.39, 0.29) is 0 Å². The topological polar surface area (TPSA) is 80.9 Å². The Bertz CT molecular complexity index is 2150. The molecule has 0 saturated heterocycles. The predicted molar refractivity (Wildman–Crippen MR) is 214 cm³/mol. The van der Waals surface area contributed by atoms with Gasteiger partial charge in [0.1, 0.15) is 5.75 Å². The number of ether oxygens (including phenoxy) is 1. The van der Waals surface area contributed by atoms with Crippen molar-refractivity contribution in [2.75, 3.05) is 39.2 Å². The molecule has 0 fully saturated rings. The number of carbonyl (C=O) groups excluding carboxylic acids is 2. The van der Waals surface area contributed by atoms with Crippen LogP contribution in [0.4, 0.5) is 5.69 Å². The molecule has 0 spiro atoms. The maximum Gasteiger partial charge on any atom is 0.166 e. The molecular weight excluding hydrogens is 681 g/mol. The molecule has 0 atom stereocenters. The number of nitrogens with one attached hydrogen (secondary N) is 1. The maximum atomic E-state index is 13.1. The summed E-state index contributed by atoms with van der Waals surface area (Å²) in [6.07, 6.45) is 5.93. The third kappa shape index (κ3) is 7.58. The molecule has 5 rings (SSSR count). The van der Waals surface area contributed by atoms with Gasteiger partial charge in [0.2, 0.25) is 0 Å². The maximum absolute atomic E-state index is 13.1. The molecule has 0 unspecified atom stereocenters. The molecule has 0 aliphatic rings. The molecule has 8 nitrogen and oxygen atoms in total. The lowest BCUT2D eigenvalue weighted by molar-refractivity contribution is 0.111. The van der Waals surface area contributed by atoms with Gasteiger partial charge in [-0.2, -0.15) is 0 Å². The Morgan fingerprint density at radius 1 is 1.00 bits per heavy atom. The van der Waals surface area contributed by atoms with Gasteiger partial charge >= 0.3 is 0 Å². The van der Waals surface area contributed by atoms with Gasteiger partial charge in [0.25, 0.3) is 0 Å². The number of aldehydes is 2. The second-order valence-corrected chi connectivity index (χ2v) is 13.9. The lowest BCUT2D eigenvalue weighted by Gasteiger charge is -2.22. The molecule has 10 heteroatoms. The fourth-order valence-electron chi connectivity index (χ4n) is 6.98. The summed E-state index contributed by atoms with van der Waals surface area (Å²) < 4.78 is 10.3. The SMILES string of the molecule is CN=C(C)/C(=C(/C)NC)c1c(Cl)ccc2c(CCCOc3cc(C)c(Cl)c(C)c3)c(C=O)n(CCCN(C)c3cc(C=O)c4ccn(C)c4c3)c12. The minimum atomic E-state index is 0.483. The van der Waals surface area contributed by atoms with Gasteiger partial charge in [0, 0.05) is 97.1 Å². The van der Waals surface area contributed by atoms with Crippen molar-refractivity contribution in [2.24, 2.45) is 12.0 Å². The van der Waals surface area contributed by atoms with E-state index in [0.29, 0.717) is 48.8 Å². The number of carbonyl (C=O) groups is 2. The molecule has 0 aliphatic carbocycles. The van der Waals surface area contributed by atoms with Gasteiger partial charge in [-0.25, -0.2) is 0 Å². The molecular formula is C41H47Cl2N5O3. The molecule has 5 aromatic rings. The summed E-state index contributed by atoms with van der Waals surface area (Å²) in [4.78, 5) is 31.7. The van der Waals surface area contributed by atoms with Crippen LogP contribution < -0.4 is 15.0 Å². The Kier molecular flexibility index (Phi) is 12.0. The molecule has 0 bridgehead atoms. The predicted octanol–water partition coefficient (Wildman–Crippen LogP) is 9.26. The summed E-state index contributed by atoms with van der Waals surface area (Å²) >= 11 is 13.4. The number of nitrogens with zero attached hydrogens (tertiary/aromatic N) is 4. The molecule has 51 heavy (non-hydrogen) atoms. The highest BCUT2D eigenvalue weighted by atomic mass is 35.5. The number of hydrogen-bond acceptors (Lipinski definition) is 6. The average molecular weight is 729 g/mol. The van der Waals surface area contributed by atoms with E-state index in [1.807, 2.05) is 96.0 Å². The summed E-state index contributed by atoms with van der Waals surface area (Å²) in [5, 5.41) is 6.56. The number of benzene rings is 3. The van der Waals surface area contributed by atoms with Gasteiger partial charge in [-0.1, -0.05) is 29.3 Å². The number of aryl methyl sites for hydroxylation is 5. The van der Waals surface area contributed by atoms with Gasteiger partial charge in [0.15, 0.2) is 12.6 Å². The van der Waals surface area contributed by atoms with Crippen LogP contribution in [-0.2, 0) is 20.0 Å². The van der Waals surface area contributed by atoms with Crippen LogP contribution in [0.25, 0.3) is 27.4 Å². The van der Waals surface area contributed by atoms with E-state index in [1.54, 1.807) is 7.05 Å². The molecule has 0 aliphatic heterocycles. The van der Waals surface area contributed by atoms with Gasteiger partial charge in [0.05, 0.1) is 28.4 Å². The zero-order chi connectivity index (χ0) is 37.0. The molecule has 0 radical (unpaired) electrons. The largest absolute Gasteiger partial charge is 0.494 e. The Hall–Kier alpha value is -4.53. The second kappa shape index (κ2) is 16.2. The van der Waals surface area contributed by atoms with Crippen LogP contribution in [0.2, 0.25) is 10.0 Å². The first-order valence-electron chi connectivity index (χ1n) is 17.2. The summed E-state index contributed by atoms with van der Waals surface area (Å²) in [5.74, 6) is 0.781. The van der Waals surface area contributed by atoms with Crippen LogP contribution in [0.1, 0.15) is 69.8 Å². The van der Waals surface area contributed by atoms with Crippen LogP contribution in [0.5, 0.6) is 5.75 Å². The monoisotopic (exact) mass is 727 g/mol. The van der Waals surface area contributed by atoms with Crippen LogP contribution in [0.3, 0.4) is 0 Å². The van der Waals surface area contributed by atoms with Crippen LogP contribution in [0.15, 0.2) is 59.4 Å². The number of anilines is 1. The average Bonchev–Trinajstić information content (AvgIpc) is 3.65. The lowest BCUT2D eigenvalue weighted by atomic mass is 9.95. The first-order valence-corrected chi connectivity index (χ1v) is 18.0. The van der Waals surface area contributed by atoms with Crippen molar-refractivity contribution >= 4 is 74.6 Å². The summed E-state index contributed by atoms with van der Waals surface area (Å²) in [6.45, 7) is 9.68. The summed E-state index contributed by atoms with van der Waals surface area (Å²) in [7, 11) is 7.67. The summed E-state index contributed by atoms with van der Waals surface area (Å²) in [5.41, 5.74) is 10.6. The lowest BCUT2D eigenvalue weighted by Crippen LogP contribution is -2.21. The van der Waals surface area contributed by atoms with Crippen LogP contribution >= 0.6 is 23.2 Å². The van der Waals surface area contributed by atoms with E-state index in [4.69, 9.17) is 27.9 Å². The standard InChI is InChI=1S/C41H47Cl2N5O3/c1-25-19-31(20-26(2)40(25)43)51-18-9-11-33-34-12-13-35(42)39(38(27(3)44-5)28(4)45-6)41(34)48(37(33)24-50)16-10-15-46(7)30-21-29(23-49)32-14-17-47(8)36(32)22-30/h12-14,17,19-24,44H,9-11,15-16,18H2,1-8H3/b38-27+,45-28?. The number of hydrogen-bond donors (Lipinski definition) is 1. The fraction of sp³-hybridized carbons (Fsp3) is 0.341. The van der Waals surface area contributed by atoms with E-state index in [2.05, 4.69) is 25.8 Å². The molecule has 0 saturated carbocycles. The molecule has 0 amide bonds. The Morgan fingerprint density at radius 3 is 2.37 bits per heavy atom. The number of aliphatic imine (C=N–C) groups is 1. The van der Waals surface area contributed by atoms with Crippen LogP contribution in [-0.4, -0.2) is 61.7 Å². The van der Waals surface area contributed by atoms with E-state index in [9.17, 15) is 9.59 Å². The molecule has 268 valence electrons. The van der Waals surface area contributed by atoms with Crippen molar-refractivity contribution < 1.29 is 14.3 Å². The molecule has 3 aromatic carbocycles. The number of halogens is 2. The third-order valence-corrected chi connectivity index (χ3v) is 10.8. The van der Waals surface area contributed by atoms with Crippen molar-refractivity contribution in [3.63, 3.8) is 0 Å². The Morgan fingerprint density at radius 2 is 1.73 bits per heavy atom. The second-order valence-electron chi connectivity index (χ2n) is 13.1. The number of aromatic nitrogens is 2. The van der Waals surface area contributed by atoms with Crippen LogP contribution in [0, 0.1) is 13.8 Å². The molecule has 2 heterocycles. The van der Waals surface area contributed by atoms with Crippen molar-refractivity contribution in [1.29, 1.82) is 0 Å². The van der Waals surface area contributed by atoms with Crippen molar-refractivity contribution in [2.45, 2.75) is 53.5 Å². The fourth-order valence-corrected chi connectivity index (χ4v) is 7.34. The van der Waals surface area contributed by atoms with E-state index >= 15 is 0 Å². The highest BCUT2D eigenvalue weighted by Crippen LogP contribution is 2.39.